The van der Waals surface area contributed by atoms with Crippen molar-refractivity contribution >= 4 is 22.7 Å². The molecule has 0 radical (unpaired) electrons. The van der Waals surface area contributed by atoms with Gasteiger partial charge in [-0.05, 0) is 30.3 Å². The number of amides is 2. The van der Waals surface area contributed by atoms with Crippen LogP contribution in [0.25, 0.3) is 10.9 Å². The molecule has 0 saturated carbocycles. The standard InChI is InChI=1S/C20H20FN3O3/c21-13-3-4-17-15(10-13)16-12-24(8-7-18(16)23-17)20(26)6-5-19(25)22-11-14-2-1-9-27-14/h1-4,9-10,23H,5-8,11-12H2,(H,22,25). The van der Waals surface area contributed by atoms with Gasteiger partial charge < -0.3 is 19.6 Å². The molecule has 0 atom stereocenters. The summed E-state index contributed by atoms with van der Waals surface area (Å²) in [6.45, 7) is 1.34. The Morgan fingerprint density at radius 3 is 2.96 bits per heavy atom. The third kappa shape index (κ3) is 3.72. The number of benzene rings is 1. The molecule has 2 aromatic heterocycles. The Morgan fingerprint density at radius 1 is 1.26 bits per heavy atom. The van der Waals surface area contributed by atoms with Crippen molar-refractivity contribution in [3.63, 3.8) is 0 Å². The summed E-state index contributed by atoms with van der Waals surface area (Å²) < 4.78 is 18.7. The first-order chi connectivity index (χ1) is 13.1. The number of aromatic amines is 1. The summed E-state index contributed by atoms with van der Waals surface area (Å²) in [5.74, 6) is 0.122. The number of aromatic nitrogens is 1. The molecule has 2 amide bonds. The van der Waals surface area contributed by atoms with Gasteiger partial charge in [-0.2, -0.15) is 0 Å². The Kier molecular flexibility index (Phi) is 4.66. The van der Waals surface area contributed by atoms with Crippen LogP contribution in [-0.4, -0.2) is 28.2 Å². The predicted octanol–water partition coefficient (Wildman–Crippen LogP) is 2.88. The monoisotopic (exact) mass is 369 g/mol. The van der Waals surface area contributed by atoms with Gasteiger partial charge in [0.15, 0.2) is 0 Å². The molecule has 7 heteroatoms. The lowest BCUT2D eigenvalue weighted by Crippen LogP contribution is -2.36. The second kappa shape index (κ2) is 7.26. The molecule has 0 spiro atoms. The molecule has 140 valence electrons. The summed E-state index contributed by atoms with van der Waals surface area (Å²) in [6.07, 6.45) is 2.52. The summed E-state index contributed by atoms with van der Waals surface area (Å²) in [5.41, 5.74) is 2.90. The fourth-order valence-corrected chi connectivity index (χ4v) is 3.47. The highest BCUT2D eigenvalue weighted by molar-refractivity contribution is 5.87. The number of furan rings is 1. The number of hydrogen-bond acceptors (Lipinski definition) is 3. The summed E-state index contributed by atoms with van der Waals surface area (Å²) in [6, 6.07) is 8.18. The van der Waals surface area contributed by atoms with Crippen LogP contribution < -0.4 is 5.32 Å². The van der Waals surface area contributed by atoms with Gasteiger partial charge in [0, 0.05) is 54.5 Å². The van der Waals surface area contributed by atoms with Crippen LogP contribution in [0.3, 0.4) is 0 Å². The first kappa shape index (κ1) is 17.3. The maximum absolute atomic E-state index is 13.6. The fraction of sp³-hybridized carbons (Fsp3) is 0.300. The average Bonchev–Trinajstić information content (AvgIpc) is 3.31. The number of rotatable bonds is 5. The first-order valence-corrected chi connectivity index (χ1v) is 8.96. The zero-order chi connectivity index (χ0) is 18.8. The number of hydrogen-bond donors (Lipinski definition) is 2. The minimum atomic E-state index is -0.291. The Hall–Kier alpha value is -3.09. The van der Waals surface area contributed by atoms with Gasteiger partial charge in [-0.15, -0.1) is 0 Å². The highest BCUT2D eigenvalue weighted by Gasteiger charge is 2.24. The molecule has 1 aliphatic heterocycles. The van der Waals surface area contributed by atoms with Gasteiger partial charge in [0.05, 0.1) is 12.8 Å². The Morgan fingerprint density at radius 2 is 2.15 bits per heavy atom. The van der Waals surface area contributed by atoms with E-state index in [0.29, 0.717) is 31.8 Å². The van der Waals surface area contributed by atoms with Gasteiger partial charge in [0.25, 0.3) is 0 Å². The summed E-state index contributed by atoms with van der Waals surface area (Å²) >= 11 is 0. The topological polar surface area (TPSA) is 78.3 Å². The average molecular weight is 369 g/mol. The third-order valence-electron chi connectivity index (χ3n) is 4.90. The normalized spacial score (nSPS) is 13.6. The molecular weight excluding hydrogens is 349 g/mol. The van der Waals surface area contributed by atoms with Crippen LogP contribution in [0, 0.1) is 5.82 Å². The van der Waals surface area contributed by atoms with Crippen LogP contribution in [0.15, 0.2) is 41.0 Å². The van der Waals surface area contributed by atoms with Crippen LogP contribution in [0.4, 0.5) is 4.39 Å². The molecule has 0 bridgehead atoms. The smallest absolute Gasteiger partial charge is 0.223 e. The van der Waals surface area contributed by atoms with Crippen molar-refractivity contribution in [2.45, 2.75) is 32.4 Å². The minimum Gasteiger partial charge on any atom is -0.467 e. The van der Waals surface area contributed by atoms with Crippen molar-refractivity contribution in [2.24, 2.45) is 0 Å². The summed E-state index contributed by atoms with van der Waals surface area (Å²) in [4.78, 5) is 29.5. The number of carbonyl (C=O) groups excluding carboxylic acids is 2. The zero-order valence-electron chi connectivity index (χ0n) is 14.8. The van der Waals surface area contributed by atoms with Crippen LogP contribution in [0.5, 0.6) is 0 Å². The Bertz CT molecular complexity index is 978. The van der Waals surface area contributed by atoms with Crippen LogP contribution >= 0.6 is 0 Å². The summed E-state index contributed by atoms with van der Waals surface area (Å²) in [7, 11) is 0. The molecule has 0 aliphatic carbocycles. The van der Waals surface area contributed by atoms with E-state index in [0.717, 1.165) is 22.2 Å². The predicted molar refractivity (Wildman–Crippen MR) is 97.2 cm³/mol. The van der Waals surface area contributed by atoms with E-state index in [4.69, 9.17) is 4.42 Å². The quantitative estimate of drug-likeness (QED) is 0.726. The van der Waals surface area contributed by atoms with Crippen molar-refractivity contribution in [3.8, 4) is 0 Å². The largest absolute Gasteiger partial charge is 0.467 e. The Labute approximate surface area is 155 Å². The lowest BCUT2D eigenvalue weighted by atomic mass is 10.0. The van der Waals surface area contributed by atoms with E-state index in [1.54, 1.807) is 29.4 Å². The second-order valence-electron chi connectivity index (χ2n) is 6.69. The molecule has 0 saturated heterocycles. The molecular formula is C20H20FN3O3. The van der Waals surface area contributed by atoms with E-state index in [-0.39, 0.29) is 30.5 Å². The van der Waals surface area contributed by atoms with Gasteiger partial charge in [0.2, 0.25) is 11.8 Å². The van der Waals surface area contributed by atoms with Crippen molar-refractivity contribution in [2.75, 3.05) is 6.54 Å². The highest BCUT2D eigenvalue weighted by atomic mass is 19.1. The highest BCUT2D eigenvalue weighted by Crippen LogP contribution is 2.28. The molecule has 27 heavy (non-hydrogen) atoms. The summed E-state index contributed by atoms with van der Waals surface area (Å²) in [5, 5.41) is 3.55. The van der Waals surface area contributed by atoms with Crippen molar-refractivity contribution in [3.05, 3.63) is 59.4 Å². The van der Waals surface area contributed by atoms with Gasteiger partial charge in [0.1, 0.15) is 11.6 Å². The van der Waals surface area contributed by atoms with E-state index >= 15 is 0 Å². The maximum atomic E-state index is 13.6. The van der Waals surface area contributed by atoms with Crippen molar-refractivity contribution in [1.29, 1.82) is 0 Å². The van der Waals surface area contributed by atoms with E-state index in [9.17, 15) is 14.0 Å². The fourth-order valence-electron chi connectivity index (χ4n) is 3.47. The van der Waals surface area contributed by atoms with Gasteiger partial charge in [-0.1, -0.05) is 0 Å². The molecule has 3 aromatic rings. The molecule has 6 nitrogen and oxygen atoms in total. The maximum Gasteiger partial charge on any atom is 0.223 e. The molecule has 4 rings (SSSR count). The molecule has 3 heterocycles. The van der Waals surface area contributed by atoms with E-state index in [1.807, 2.05) is 0 Å². The molecule has 0 unspecified atom stereocenters. The first-order valence-electron chi connectivity index (χ1n) is 8.96. The Balaban J connectivity index is 1.34. The third-order valence-corrected chi connectivity index (χ3v) is 4.90. The number of H-pyrrole nitrogens is 1. The SMILES string of the molecule is O=C(CCC(=O)N1CCc2[nH]c3ccc(F)cc3c2C1)NCc1ccco1. The van der Waals surface area contributed by atoms with Crippen LogP contribution in [0.2, 0.25) is 0 Å². The van der Waals surface area contributed by atoms with Gasteiger partial charge >= 0.3 is 0 Å². The number of nitrogens with one attached hydrogen (secondary N) is 2. The van der Waals surface area contributed by atoms with Gasteiger partial charge in [-0.3, -0.25) is 9.59 Å². The van der Waals surface area contributed by atoms with E-state index in [2.05, 4.69) is 10.3 Å². The number of carbonyl (C=O) groups is 2. The molecule has 1 aliphatic rings. The van der Waals surface area contributed by atoms with Crippen LogP contribution in [0.1, 0.15) is 29.9 Å². The van der Waals surface area contributed by atoms with Crippen LogP contribution in [-0.2, 0) is 29.1 Å². The number of fused-ring (bicyclic) bond motifs is 3. The molecule has 2 N–H and O–H groups in total. The molecule has 1 aromatic carbocycles. The van der Waals surface area contributed by atoms with Gasteiger partial charge in [-0.25, -0.2) is 4.39 Å². The minimum absolute atomic E-state index is 0.0699. The second-order valence-corrected chi connectivity index (χ2v) is 6.69. The number of halogens is 1. The van der Waals surface area contributed by atoms with E-state index in [1.165, 1.54) is 12.1 Å². The zero-order valence-corrected chi connectivity index (χ0v) is 14.8. The number of nitrogens with zero attached hydrogens (tertiary/aromatic N) is 1. The lowest BCUT2D eigenvalue weighted by Gasteiger charge is -2.27. The van der Waals surface area contributed by atoms with Crippen molar-refractivity contribution < 1.29 is 18.4 Å². The lowest BCUT2D eigenvalue weighted by molar-refractivity contribution is -0.134. The van der Waals surface area contributed by atoms with Crippen molar-refractivity contribution in [1.82, 2.24) is 15.2 Å². The van der Waals surface area contributed by atoms with E-state index < -0.39 is 0 Å². The molecule has 0 fully saturated rings.